The molecule has 2 rings (SSSR count). The lowest BCUT2D eigenvalue weighted by Crippen LogP contribution is -2.10. The predicted octanol–water partition coefficient (Wildman–Crippen LogP) is 3.21. The highest BCUT2D eigenvalue weighted by atomic mass is 32.2. The number of Topliss-reactive ketones (excluding diaryl/α,β-unsaturated/α-hetero) is 1. The third-order valence-corrected chi connectivity index (χ3v) is 4.20. The summed E-state index contributed by atoms with van der Waals surface area (Å²) >= 11 is 0. The van der Waals surface area contributed by atoms with Gasteiger partial charge in [0.2, 0.25) is 0 Å². The number of hydrogen-bond acceptors (Lipinski definition) is 3. The molecule has 1 unspecified atom stereocenters. The van der Waals surface area contributed by atoms with Crippen molar-refractivity contribution in [2.75, 3.05) is 12.4 Å². The second-order valence-electron chi connectivity index (χ2n) is 4.40. The van der Waals surface area contributed by atoms with Crippen LogP contribution >= 0.6 is 0 Å². The minimum absolute atomic E-state index is 0.0785. The number of ketones is 1. The van der Waals surface area contributed by atoms with E-state index in [1.165, 1.54) is 31.2 Å². The molecular weight excluding hydrogens is 291 g/mol. The fraction of sp³-hybridized carbons (Fsp3) is 0.188. The van der Waals surface area contributed by atoms with Crippen LogP contribution in [0.5, 0.6) is 5.75 Å². The highest BCUT2D eigenvalue weighted by Crippen LogP contribution is 2.18. The van der Waals surface area contributed by atoms with Gasteiger partial charge in [-0.3, -0.25) is 9.00 Å². The van der Waals surface area contributed by atoms with Gasteiger partial charge in [-0.15, -0.1) is 0 Å². The van der Waals surface area contributed by atoms with E-state index in [0.717, 1.165) is 0 Å². The third kappa shape index (κ3) is 4.23. The van der Waals surface area contributed by atoms with Crippen molar-refractivity contribution in [3.63, 3.8) is 0 Å². The van der Waals surface area contributed by atoms with Gasteiger partial charge < -0.3 is 4.74 Å². The Morgan fingerprint density at radius 1 is 1.14 bits per heavy atom. The van der Waals surface area contributed by atoms with Crippen LogP contribution in [0, 0.1) is 5.82 Å². The lowest BCUT2D eigenvalue weighted by molar-refractivity contribution is 0.101. The first-order chi connectivity index (χ1) is 10.1. The highest BCUT2D eigenvalue weighted by molar-refractivity contribution is 7.85. The molecule has 1 atom stereocenters. The number of para-hydroxylation sites is 1. The minimum atomic E-state index is -1.26. The summed E-state index contributed by atoms with van der Waals surface area (Å²) in [5, 5.41) is 0. The first-order valence-corrected chi connectivity index (χ1v) is 7.76. The van der Waals surface area contributed by atoms with E-state index in [1.54, 1.807) is 24.3 Å². The summed E-state index contributed by atoms with van der Waals surface area (Å²) in [4.78, 5) is 12.0. The van der Waals surface area contributed by atoms with E-state index in [0.29, 0.717) is 16.2 Å². The van der Waals surface area contributed by atoms with Crippen molar-refractivity contribution >= 4 is 16.6 Å². The molecule has 0 aliphatic rings. The Labute approximate surface area is 125 Å². The average Bonchev–Trinajstić information content (AvgIpc) is 2.48. The molecule has 3 nitrogen and oxygen atoms in total. The zero-order valence-electron chi connectivity index (χ0n) is 11.5. The second kappa shape index (κ2) is 7.13. The summed E-state index contributed by atoms with van der Waals surface area (Å²) in [5.41, 5.74) is 0.505. The normalized spacial score (nSPS) is 11.9. The van der Waals surface area contributed by atoms with Gasteiger partial charge in [-0.1, -0.05) is 12.1 Å². The van der Waals surface area contributed by atoms with Crippen LogP contribution < -0.4 is 4.74 Å². The van der Waals surface area contributed by atoms with Gasteiger partial charge in [0.05, 0.1) is 22.1 Å². The van der Waals surface area contributed by atoms with Crippen molar-refractivity contribution in [1.82, 2.24) is 0 Å². The second-order valence-corrected chi connectivity index (χ2v) is 5.98. The fourth-order valence-electron chi connectivity index (χ4n) is 1.81. The number of rotatable bonds is 6. The maximum absolute atomic E-state index is 12.8. The monoisotopic (exact) mass is 306 g/mol. The predicted molar refractivity (Wildman–Crippen MR) is 79.6 cm³/mol. The molecule has 2 aromatic carbocycles. The van der Waals surface area contributed by atoms with Crippen molar-refractivity contribution < 1.29 is 18.1 Å². The Kier molecular flexibility index (Phi) is 5.22. The number of ether oxygens (including phenoxy) is 1. The molecular formula is C16H15FO3S. The van der Waals surface area contributed by atoms with E-state index < -0.39 is 10.8 Å². The Morgan fingerprint density at radius 3 is 2.48 bits per heavy atom. The summed E-state index contributed by atoms with van der Waals surface area (Å²) in [6, 6.07) is 12.5. The molecule has 5 heteroatoms. The summed E-state index contributed by atoms with van der Waals surface area (Å²) < 4.78 is 30.3. The first kappa shape index (κ1) is 15.4. The average molecular weight is 306 g/mol. The van der Waals surface area contributed by atoms with Gasteiger partial charge in [-0.2, -0.15) is 0 Å². The van der Waals surface area contributed by atoms with E-state index in [2.05, 4.69) is 0 Å². The number of halogens is 1. The molecule has 0 heterocycles. The summed E-state index contributed by atoms with van der Waals surface area (Å²) in [6.45, 7) is 1.69. The Morgan fingerprint density at radius 2 is 1.81 bits per heavy atom. The quantitative estimate of drug-likeness (QED) is 0.770. The highest BCUT2D eigenvalue weighted by Gasteiger charge is 2.09. The van der Waals surface area contributed by atoms with Gasteiger partial charge in [0, 0.05) is 4.90 Å². The maximum Gasteiger partial charge on any atom is 0.163 e. The van der Waals surface area contributed by atoms with Crippen molar-refractivity contribution in [3.05, 3.63) is 59.9 Å². The van der Waals surface area contributed by atoms with Crippen LogP contribution in [0.25, 0.3) is 0 Å². The van der Waals surface area contributed by atoms with Crippen molar-refractivity contribution in [1.29, 1.82) is 0 Å². The van der Waals surface area contributed by atoms with E-state index in [9.17, 15) is 13.4 Å². The first-order valence-electron chi connectivity index (χ1n) is 6.44. The lowest BCUT2D eigenvalue weighted by Gasteiger charge is -2.09. The van der Waals surface area contributed by atoms with E-state index in [4.69, 9.17) is 4.74 Å². The molecule has 0 saturated heterocycles. The molecule has 0 amide bonds. The van der Waals surface area contributed by atoms with Gasteiger partial charge in [-0.05, 0) is 43.3 Å². The Balaban J connectivity index is 1.94. The molecule has 0 aliphatic carbocycles. The zero-order chi connectivity index (χ0) is 15.2. The molecule has 0 aliphatic heterocycles. The number of carbonyl (C=O) groups excluding carboxylic acids is 1. The molecule has 0 N–H and O–H groups in total. The SMILES string of the molecule is CC(=O)c1ccccc1OCCS(=O)c1ccc(F)cc1. The number of carbonyl (C=O) groups is 1. The van der Waals surface area contributed by atoms with Crippen molar-refractivity contribution in [2.45, 2.75) is 11.8 Å². The van der Waals surface area contributed by atoms with Gasteiger partial charge >= 0.3 is 0 Å². The van der Waals surface area contributed by atoms with Crippen molar-refractivity contribution in [3.8, 4) is 5.75 Å². The standard InChI is InChI=1S/C16H15FO3S/c1-12(18)15-4-2-3-5-16(15)20-10-11-21(19)14-8-6-13(17)7-9-14/h2-9H,10-11H2,1H3. The number of hydrogen-bond donors (Lipinski definition) is 0. The summed E-state index contributed by atoms with van der Waals surface area (Å²) in [5.74, 6) is 0.325. The van der Waals surface area contributed by atoms with E-state index in [1.807, 2.05) is 0 Å². The molecule has 0 spiro atoms. The maximum atomic E-state index is 12.8. The largest absolute Gasteiger partial charge is 0.492 e. The minimum Gasteiger partial charge on any atom is -0.492 e. The van der Waals surface area contributed by atoms with Gasteiger partial charge in [0.25, 0.3) is 0 Å². The van der Waals surface area contributed by atoms with Crippen LogP contribution in [-0.4, -0.2) is 22.4 Å². The van der Waals surface area contributed by atoms with Crippen molar-refractivity contribution in [2.24, 2.45) is 0 Å². The van der Waals surface area contributed by atoms with Crippen LogP contribution in [0.15, 0.2) is 53.4 Å². The number of benzene rings is 2. The third-order valence-electron chi connectivity index (χ3n) is 2.87. The van der Waals surface area contributed by atoms with Crippen LogP contribution in [-0.2, 0) is 10.8 Å². The zero-order valence-corrected chi connectivity index (χ0v) is 12.4. The molecule has 21 heavy (non-hydrogen) atoms. The van der Waals surface area contributed by atoms with Crippen LogP contribution in [0.3, 0.4) is 0 Å². The lowest BCUT2D eigenvalue weighted by atomic mass is 10.1. The summed E-state index contributed by atoms with van der Waals surface area (Å²) in [6.07, 6.45) is 0. The van der Waals surface area contributed by atoms with Crippen LogP contribution in [0.1, 0.15) is 17.3 Å². The molecule has 0 bridgehead atoms. The topological polar surface area (TPSA) is 43.4 Å². The molecule has 110 valence electrons. The molecule has 2 aromatic rings. The Bertz CT molecular complexity index is 653. The molecule has 0 fully saturated rings. The van der Waals surface area contributed by atoms with Gasteiger partial charge in [0.1, 0.15) is 18.2 Å². The molecule has 0 saturated carbocycles. The van der Waals surface area contributed by atoms with Gasteiger partial charge in [0.15, 0.2) is 5.78 Å². The van der Waals surface area contributed by atoms with E-state index in [-0.39, 0.29) is 24.0 Å². The van der Waals surface area contributed by atoms with Crippen LogP contribution in [0.2, 0.25) is 0 Å². The smallest absolute Gasteiger partial charge is 0.163 e. The Hall–Kier alpha value is -2.01. The fourth-order valence-corrected chi connectivity index (χ4v) is 2.72. The van der Waals surface area contributed by atoms with Gasteiger partial charge in [-0.25, -0.2) is 4.39 Å². The molecule has 0 aromatic heterocycles. The van der Waals surface area contributed by atoms with E-state index >= 15 is 0 Å². The summed E-state index contributed by atoms with van der Waals surface area (Å²) in [7, 11) is -1.26. The van der Waals surface area contributed by atoms with Crippen LogP contribution in [0.4, 0.5) is 4.39 Å². The molecule has 0 radical (unpaired) electrons.